The summed E-state index contributed by atoms with van der Waals surface area (Å²) in [7, 11) is 0. The fourth-order valence-corrected chi connectivity index (χ4v) is 2.25. The Hall–Kier alpha value is -1.81. The number of hydrogen-bond acceptors (Lipinski definition) is 3. The first-order valence-corrected chi connectivity index (χ1v) is 5.43. The van der Waals surface area contributed by atoms with Gasteiger partial charge in [0, 0.05) is 23.3 Å². The average Bonchev–Trinajstić information content (AvgIpc) is 2.77. The number of nitrogens with zero attached hydrogens (tertiary/aromatic N) is 2. The van der Waals surface area contributed by atoms with E-state index in [4.69, 9.17) is 0 Å². The van der Waals surface area contributed by atoms with Crippen LogP contribution in [0.15, 0.2) is 42.0 Å². The molecule has 0 fully saturated rings. The summed E-state index contributed by atoms with van der Waals surface area (Å²) in [5, 5.41) is 11.7. The molecule has 4 heteroatoms. The third-order valence-corrected chi connectivity index (χ3v) is 3.04. The van der Waals surface area contributed by atoms with Gasteiger partial charge in [0.25, 0.3) is 0 Å². The Bertz CT molecular complexity index is 583. The SMILES string of the molecule is Oc1ccccc1-c1cn2ccsc2n1. The quantitative estimate of drug-likeness (QED) is 0.679. The number of rotatable bonds is 1. The van der Waals surface area contributed by atoms with E-state index in [1.165, 1.54) is 0 Å². The maximum atomic E-state index is 9.68. The van der Waals surface area contributed by atoms with E-state index in [0.29, 0.717) is 0 Å². The van der Waals surface area contributed by atoms with Crippen LogP contribution < -0.4 is 0 Å². The molecule has 0 radical (unpaired) electrons. The van der Waals surface area contributed by atoms with Crippen LogP contribution in [0.1, 0.15) is 0 Å². The second-order valence-electron chi connectivity index (χ2n) is 3.24. The monoisotopic (exact) mass is 216 g/mol. The lowest BCUT2D eigenvalue weighted by Gasteiger charge is -1.98. The van der Waals surface area contributed by atoms with Crippen molar-refractivity contribution in [3.05, 3.63) is 42.0 Å². The van der Waals surface area contributed by atoms with Gasteiger partial charge < -0.3 is 5.11 Å². The normalized spacial score (nSPS) is 10.9. The van der Waals surface area contributed by atoms with Gasteiger partial charge in [-0.15, -0.1) is 11.3 Å². The Morgan fingerprint density at radius 2 is 2.13 bits per heavy atom. The van der Waals surface area contributed by atoms with E-state index in [1.807, 2.05) is 34.3 Å². The highest BCUT2D eigenvalue weighted by Crippen LogP contribution is 2.28. The van der Waals surface area contributed by atoms with Crippen molar-refractivity contribution in [2.45, 2.75) is 0 Å². The summed E-state index contributed by atoms with van der Waals surface area (Å²) in [6.45, 7) is 0. The first-order chi connectivity index (χ1) is 7.34. The zero-order chi connectivity index (χ0) is 10.3. The van der Waals surface area contributed by atoms with E-state index in [0.717, 1.165) is 16.2 Å². The van der Waals surface area contributed by atoms with Crippen LogP contribution in [0.3, 0.4) is 0 Å². The van der Waals surface area contributed by atoms with Gasteiger partial charge in [0.05, 0.1) is 5.69 Å². The predicted molar refractivity (Wildman–Crippen MR) is 60.2 cm³/mol. The van der Waals surface area contributed by atoms with Gasteiger partial charge in [-0.3, -0.25) is 4.40 Å². The standard InChI is InChI=1S/C11H8N2OS/c14-10-4-2-1-3-8(10)9-7-13-5-6-15-11(13)12-9/h1-7,14H. The van der Waals surface area contributed by atoms with Gasteiger partial charge in [-0.05, 0) is 12.1 Å². The summed E-state index contributed by atoms with van der Waals surface area (Å²) < 4.78 is 1.95. The van der Waals surface area contributed by atoms with Crippen molar-refractivity contribution in [1.82, 2.24) is 9.38 Å². The van der Waals surface area contributed by atoms with Gasteiger partial charge >= 0.3 is 0 Å². The molecule has 3 rings (SSSR count). The number of phenols is 1. The molecule has 0 amide bonds. The Morgan fingerprint density at radius 1 is 1.27 bits per heavy atom. The molecule has 0 unspecified atom stereocenters. The summed E-state index contributed by atoms with van der Waals surface area (Å²) in [6, 6.07) is 7.23. The van der Waals surface area contributed by atoms with Gasteiger partial charge in [-0.25, -0.2) is 4.98 Å². The van der Waals surface area contributed by atoms with Gasteiger partial charge in [0.1, 0.15) is 5.75 Å². The van der Waals surface area contributed by atoms with E-state index < -0.39 is 0 Å². The van der Waals surface area contributed by atoms with Crippen LogP contribution in [0.2, 0.25) is 0 Å². The summed E-state index contributed by atoms with van der Waals surface area (Å²) in [4.78, 5) is 5.36. The van der Waals surface area contributed by atoms with Crippen LogP contribution in [0.4, 0.5) is 0 Å². The molecule has 1 aromatic carbocycles. The number of aromatic hydroxyl groups is 1. The molecule has 0 saturated carbocycles. The summed E-state index contributed by atoms with van der Waals surface area (Å²) >= 11 is 1.58. The molecular weight excluding hydrogens is 208 g/mol. The molecule has 0 saturated heterocycles. The summed E-state index contributed by atoms with van der Waals surface area (Å²) in [6.07, 6.45) is 3.87. The second kappa shape index (κ2) is 3.10. The van der Waals surface area contributed by atoms with Crippen LogP contribution in [0.5, 0.6) is 5.75 Å². The smallest absolute Gasteiger partial charge is 0.194 e. The van der Waals surface area contributed by atoms with E-state index in [-0.39, 0.29) is 5.75 Å². The van der Waals surface area contributed by atoms with E-state index in [2.05, 4.69) is 4.98 Å². The Kier molecular flexibility index (Phi) is 1.76. The fraction of sp³-hybridized carbons (Fsp3) is 0. The van der Waals surface area contributed by atoms with Crippen LogP contribution >= 0.6 is 11.3 Å². The molecule has 0 atom stereocenters. The molecule has 2 aromatic heterocycles. The molecule has 3 nitrogen and oxygen atoms in total. The lowest BCUT2D eigenvalue weighted by atomic mass is 10.1. The molecule has 74 valence electrons. The Labute approximate surface area is 90.3 Å². The number of aromatic nitrogens is 2. The highest BCUT2D eigenvalue weighted by Gasteiger charge is 2.08. The third kappa shape index (κ3) is 1.30. The van der Waals surface area contributed by atoms with Crippen LogP contribution in [0.25, 0.3) is 16.2 Å². The van der Waals surface area contributed by atoms with Crippen molar-refractivity contribution in [3.63, 3.8) is 0 Å². The Balaban J connectivity index is 2.22. The third-order valence-electron chi connectivity index (χ3n) is 2.27. The molecule has 0 aliphatic rings. The van der Waals surface area contributed by atoms with Gasteiger partial charge in [-0.1, -0.05) is 12.1 Å². The molecule has 2 heterocycles. The van der Waals surface area contributed by atoms with Gasteiger partial charge in [0.2, 0.25) is 0 Å². The predicted octanol–water partition coefficient (Wildman–Crippen LogP) is 2.77. The molecule has 15 heavy (non-hydrogen) atoms. The van der Waals surface area contributed by atoms with Crippen molar-refractivity contribution in [2.24, 2.45) is 0 Å². The zero-order valence-corrected chi connectivity index (χ0v) is 8.61. The number of para-hydroxylation sites is 1. The minimum absolute atomic E-state index is 0.267. The largest absolute Gasteiger partial charge is 0.507 e. The highest BCUT2D eigenvalue weighted by molar-refractivity contribution is 7.15. The van der Waals surface area contributed by atoms with Crippen LogP contribution in [-0.2, 0) is 0 Å². The van der Waals surface area contributed by atoms with E-state index >= 15 is 0 Å². The minimum Gasteiger partial charge on any atom is -0.507 e. The maximum Gasteiger partial charge on any atom is 0.194 e. The lowest BCUT2D eigenvalue weighted by molar-refractivity contribution is 0.477. The van der Waals surface area contributed by atoms with Crippen molar-refractivity contribution in [2.75, 3.05) is 0 Å². The Morgan fingerprint density at radius 3 is 2.93 bits per heavy atom. The first-order valence-electron chi connectivity index (χ1n) is 4.55. The summed E-state index contributed by atoms with van der Waals surface area (Å²) in [5.41, 5.74) is 1.58. The summed E-state index contributed by atoms with van der Waals surface area (Å²) in [5.74, 6) is 0.267. The number of fused-ring (bicyclic) bond motifs is 1. The minimum atomic E-state index is 0.267. The van der Waals surface area contributed by atoms with Gasteiger partial charge in [-0.2, -0.15) is 0 Å². The molecule has 0 bridgehead atoms. The highest BCUT2D eigenvalue weighted by atomic mass is 32.1. The number of hydrogen-bond donors (Lipinski definition) is 1. The van der Waals surface area contributed by atoms with Crippen molar-refractivity contribution >= 4 is 16.3 Å². The second-order valence-corrected chi connectivity index (χ2v) is 4.11. The number of imidazole rings is 1. The topological polar surface area (TPSA) is 37.5 Å². The molecule has 0 aliphatic heterocycles. The molecule has 0 aliphatic carbocycles. The molecular formula is C11H8N2OS. The lowest BCUT2D eigenvalue weighted by Crippen LogP contribution is -1.77. The first kappa shape index (κ1) is 8.49. The number of benzene rings is 1. The molecule has 1 N–H and O–H groups in total. The number of phenolic OH excluding ortho intramolecular Hbond substituents is 1. The van der Waals surface area contributed by atoms with Crippen LogP contribution in [0, 0.1) is 0 Å². The van der Waals surface area contributed by atoms with Crippen molar-refractivity contribution in [1.29, 1.82) is 0 Å². The zero-order valence-electron chi connectivity index (χ0n) is 7.79. The van der Waals surface area contributed by atoms with E-state index in [1.54, 1.807) is 23.5 Å². The molecule has 3 aromatic rings. The molecule has 0 spiro atoms. The van der Waals surface area contributed by atoms with Crippen molar-refractivity contribution < 1.29 is 5.11 Å². The number of thiazole rings is 1. The van der Waals surface area contributed by atoms with E-state index in [9.17, 15) is 5.11 Å². The fourth-order valence-electron chi connectivity index (χ4n) is 1.55. The van der Waals surface area contributed by atoms with Crippen LogP contribution in [-0.4, -0.2) is 14.5 Å². The average molecular weight is 216 g/mol. The van der Waals surface area contributed by atoms with Gasteiger partial charge in [0.15, 0.2) is 4.96 Å². The van der Waals surface area contributed by atoms with Crippen molar-refractivity contribution in [3.8, 4) is 17.0 Å². The maximum absolute atomic E-state index is 9.68.